The van der Waals surface area contributed by atoms with Gasteiger partial charge in [0.25, 0.3) is 0 Å². The van der Waals surface area contributed by atoms with Crippen LogP contribution in [0.25, 0.3) is 38.6 Å². The predicted molar refractivity (Wildman–Crippen MR) is 118 cm³/mol. The molecule has 3 heteroatoms. The molecular formula is C25H19N3. The Kier molecular flexibility index (Phi) is 3.99. The van der Waals surface area contributed by atoms with Gasteiger partial charge in [-0.15, -0.1) is 0 Å². The molecule has 0 aliphatic carbocycles. The van der Waals surface area contributed by atoms with E-state index in [1.807, 2.05) is 30.7 Å². The van der Waals surface area contributed by atoms with Crippen molar-refractivity contribution in [1.82, 2.24) is 9.55 Å². The smallest absolute Gasteiger partial charge is 0.100 e. The topological polar surface area (TPSA) is 30.2 Å². The van der Waals surface area contributed by atoms with Gasteiger partial charge < -0.3 is 0 Å². The Morgan fingerprint density at radius 2 is 1.61 bits per heavy atom. The van der Waals surface area contributed by atoms with Crippen molar-refractivity contribution in [3.63, 3.8) is 0 Å². The first-order valence-corrected chi connectivity index (χ1v) is 9.31. The van der Waals surface area contributed by atoms with Crippen molar-refractivity contribution in [2.75, 3.05) is 7.05 Å². The molecule has 0 aliphatic heterocycles. The lowest BCUT2D eigenvalue weighted by molar-refractivity contribution is 1.09. The van der Waals surface area contributed by atoms with Gasteiger partial charge in [0.05, 0.1) is 11.0 Å². The average Bonchev–Trinajstić information content (AvgIpc) is 3.18. The van der Waals surface area contributed by atoms with Crippen LogP contribution in [0, 0.1) is 0 Å². The van der Waals surface area contributed by atoms with Crippen molar-refractivity contribution in [1.29, 1.82) is 0 Å². The summed E-state index contributed by atoms with van der Waals surface area (Å²) in [5, 5.41) is 2.45. The average molecular weight is 361 g/mol. The molecule has 0 N–H and O–H groups in total. The third-order valence-electron chi connectivity index (χ3n) is 5.05. The van der Waals surface area contributed by atoms with Gasteiger partial charge in [-0.25, -0.2) is 4.98 Å². The summed E-state index contributed by atoms with van der Waals surface area (Å²) in [4.78, 5) is 8.62. The highest BCUT2D eigenvalue weighted by atomic mass is 15.0. The molecule has 0 fully saturated rings. The summed E-state index contributed by atoms with van der Waals surface area (Å²) in [6.45, 7) is 0. The molecule has 0 amide bonds. The Morgan fingerprint density at radius 1 is 0.786 bits per heavy atom. The molecule has 4 aromatic carbocycles. The fourth-order valence-corrected chi connectivity index (χ4v) is 3.67. The zero-order chi connectivity index (χ0) is 18.9. The first-order valence-electron chi connectivity index (χ1n) is 9.31. The lowest BCUT2D eigenvalue weighted by atomic mass is 10.00. The monoisotopic (exact) mass is 361 g/mol. The van der Waals surface area contributed by atoms with E-state index in [0.29, 0.717) is 0 Å². The van der Waals surface area contributed by atoms with E-state index in [9.17, 15) is 0 Å². The number of hydrogen-bond donors (Lipinski definition) is 0. The standard InChI is InChI=1S/C25H19N3/c1-26-16-18-9-10-21-14-22(12-11-20(21)13-18)19-5-4-6-23(15-19)28-17-27-24-7-2-3-8-25(24)28/h2-17H,1H3. The van der Waals surface area contributed by atoms with Crippen LogP contribution in [0.15, 0.2) is 96.2 Å². The molecule has 3 nitrogen and oxygen atoms in total. The Hall–Kier alpha value is -3.72. The Balaban J connectivity index is 1.58. The summed E-state index contributed by atoms with van der Waals surface area (Å²) >= 11 is 0. The Labute approximate surface area is 163 Å². The van der Waals surface area contributed by atoms with E-state index in [1.165, 1.54) is 21.9 Å². The lowest BCUT2D eigenvalue weighted by Gasteiger charge is -2.09. The van der Waals surface area contributed by atoms with Crippen molar-refractivity contribution in [2.45, 2.75) is 0 Å². The molecule has 5 aromatic rings. The number of nitrogens with zero attached hydrogens (tertiary/aromatic N) is 3. The van der Waals surface area contributed by atoms with Crippen LogP contribution in [0.1, 0.15) is 5.56 Å². The van der Waals surface area contributed by atoms with Gasteiger partial charge in [-0.1, -0.05) is 48.5 Å². The quantitative estimate of drug-likeness (QED) is 0.368. The molecule has 0 saturated heterocycles. The first-order chi connectivity index (χ1) is 13.8. The van der Waals surface area contributed by atoms with E-state index in [2.05, 4.69) is 81.3 Å². The molecule has 1 aromatic heterocycles. The summed E-state index contributed by atoms with van der Waals surface area (Å²) in [5.41, 5.74) is 6.75. The highest BCUT2D eigenvalue weighted by Crippen LogP contribution is 2.27. The molecule has 134 valence electrons. The highest BCUT2D eigenvalue weighted by molar-refractivity contribution is 5.93. The van der Waals surface area contributed by atoms with Gasteiger partial charge in [-0.3, -0.25) is 9.56 Å². The SMILES string of the molecule is CN=Cc1ccc2cc(-c3cccc(-n4cnc5ccccc54)c3)ccc2c1. The second-order valence-corrected chi connectivity index (χ2v) is 6.86. The van der Waals surface area contributed by atoms with Crippen molar-refractivity contribution in [3.8, 4) is 16.8 Å². The minimum absolute atomic E-state index is 1.00. The zero-order valence-electron chi connectivity index (χ0n) is 15.6. The van der Waals surface area contributed by atoms with Gasteiger partial charge in [0.2, 0.25) is 0 Å². The number of imidazole rings is 1. The van der Waals surface area contributed by atoms with Gasteiger partial charge in [-0.2, -0.15) is 0 Å². The van der Waals surface area contributed by atoms with Crippen LogP contribution in [0.5, 0.6) is 0 Å². The van der Waals surface area contributed by atoms with E-state index < -0.39 is 0 Å². The fourth-order valence-electron chi connectivity index (χ4n) is 3.67. The number of benzene rings is 4. The van der Waals surface area contributed by atoms with Crippen LogP contribution in [-0.2, 0) is 0 Å². The second kappa shape index (κ2) is 6.78. The number of para-hydroxylation sites is 2. The summed E-state index contributed by atoms with van der Waals surface area (Å²) < 4.78 is 2.14. The number of fused-ring (bicyclic) bond motifs is 2. The molecular weight excluding hydrogens is 342 g/mol. The largest absolute Gasteiger partial charge is 0.299 e. The maximum atomic E-state index is 4.51. The van der Waals surface area contributed by atoms with Crippen LogP contribution in [-0.4, -0.2) is 22.8 Å². The molecule has 1 heterocycles. The third-order valence-corrected chi connectivity index (χ3v) is 5.05. The molecule has 0 spiro atoms. The molecule has 0 atom stereocenters. The number of aliphatic imine (C=N–C) groups is 1. The molecule has 28 heavy (non-hydrogen) atoms. The van der Waals surface area contributed by atoms with E-state index >= 15 is 0 Å². The summed E-state index contributed by atoms with van der Waals surface area (Å²) in [7, 11) is 1.80. The maximum absolute atomic E-state index is 4.51. The molecule has 0 unspecified atom stereocenters. The second-order valence-electron chi connectivity index (χ2n) is 6.86. The first kappa shape index (κ1) is 16.5. The predicted octanol–water partition coefficient (Wildman–Crippen LogP) is 5.89. The normalized spacial score (nSPS) is 11.6. The lowest BCUT2D eigenvalue weighted by Crippen LogP contribution is -1.92. The van der Waals surface area contributed by atoms with Crippen LogP contribution in [0.3, 0.4) is 0 Å². The maximum Gasteiger partial charge on any atom is 0.100 e. The third kappa shape index (κ3) is 2.87. The molecule has 5 rings (SSSR count). The van der Waals surface area contributed by atoms with Gasteiger partial charge in [0.1, 0.15) is 6.33 Å². The molecule has 0 bridgehead atoms. The number of aromatic nitrogens is 2. The zero-order valence-corrected chi connectivity index (χ0v) is 15.6. The summed E-state index contributed by atoms with van der Waals surface area (Å²) in [5.74, 6) is 0. The van der Waals surface area contributed by atoms with Crippen LogP contribution in [0.4, 0.5) is 0 Å². The van der Waals surface area contributed by atoms with E-state index in [0.717, 1.165) is 22.3 Å². The van der Waals surface area contributed by atoms with Crippen molar-refractivity contribution >= 4 is 28.0 Å². The summed E-state index contributed by atoms with van der Waals surface area (Å²) in [6, 6.07) is 29.8. The van der Waals surface area contributed by atoms with Crippen molar-refractivity contribution in [3.05, 3.63) is 96.8 Å². The van der Waals surface area contributed by atoms with Crippen molar-refractivity contribution in [2.24, 2.45) is 4.99 Å². The van der Waals surface area contributed by atoms with E-state index in [4.69, 9.17) is 0 Å². The molecule has 0 radical (unpaired) electrons. The van der Waals surface area contributed by atoms with Gasteiger partial charge in [0.15, 0.2) is 0 Å². The number of rotatable bonds is 3. The van der Waals surface area contributed by atoms with E-state index in [1.54, 1.807) is 7.05 Å². The van der Waals surface area contributed by atoms with Gasteiger partial charge in [0, 0.05) is 18.9 Å². The van der Waals surface area contributed by atoms with Gasteiger partial charge >= 0.3 is 0 Å². The minimum Gasteiger partial charge on any atom is -0.299 e. The minimum atomic E-state index is 1.00. The van der Waals surface area contributed by atoms with Crippen LogP contribution >= 0.6 is 0 Å². The Bertz CT molecular complexity index is 1330. The molecule has 0 aliphatic rings. The van der Waals surface area contributed by atoms with Crippen LogP contribution in [0.2, 0.25) is 0 Å². The Morgan fingerprint density at radius 3 is 2.54 bits per heavy atom. The van der Waals surface area contributed by atoms with Gasteiger partial charge in [-0.05, 0) is 63.9 Å². The fraction of sp³-hybridized carbons (Fsp3) is 0.0400. The molecule has 0 saturated carbocycles. The van der Waals surface area contributed by atoms with E-state index in [-0.39, 0.29) is 0 Å². The van der Waals surface area contributed by atoms with Crippen LogP contribution < -0.4 is 0 Å². The number of hydrogen-bond acceptors (Lipinski definition) is 2. The highest BCUT2D eigenvalue weighted by Gasteiger charge is 2.06. The van der Waals surface area contributed by atoms with Crippen molar-refractivity contribution < 1.29 is 0 Å². The summed E-state index contributed by atoms with van der Waals surface area (Å²) in [6.07, 6.45) is 3.77.